The average molecular weight is 336 g/mol. The summed E-state index contributed by atoms with van der Waals surface area (Å²) in [6, 6.07) is 6.43. The minimum Gasteiger partial charge on any atom is -0.253 e. The van der Waals surface area contributed by atoms with Gasteiger partial charge in [-0.2, -0.15) is 5.10 Å². The molecule has 124 valence electrons. The molecule has 1 aliphatic rings. The van der Waals surface area contributed by atoms with E-state index in [4.69, 9.17) is 0 Å². The molecule has 1 aromatic carbocycles. The quantitative estimate of drug-likeness (QED) is 0.784. The van der Waals surface area contributed by atoms with Gasteiger partial charge < -0.3 is 0 Å². The summed E-state index contributed by atoms with van der Waals surface area (Å²) in [6.45, 7) is 2.67. The Bertz CT molecular complexity index is 812. The molecule has 0 fully saturated rings. The van der Waals surface area contributed by atoms with E-state index in [1.54, 1.807) is 22.9 Å². The highest BCUT2D eigenvalue weighted by molar-refractivity contribution is 7.91. The number of halogens is 1. The molecule has 3 rings (SSSR count). The summed E-state index contributed by atoms with van der Waals surface area (Å²) in [5.41, 5.74) is 1.55. The van der Waals surface area contributed by atoms with Crippen molar-refractivity contribution < 1.29 is 12.8 Å². The highest BCUT2D eigenvalue weighted by atomic mass is 32.2. The van der Waals surface area contributed by atoms with Crippen molar-refractivity contribution in [2.45, 2.75) is 50.6 Å². The largest absolute Gasteiger partial charge is 0.253 e. The number of rotatable bonds is 5. The van der Waals surface area contributed by atoms with Crippen molar-refractivity contribution in [2.24, 2.45) is 0 Å². The van der Waals surface area contributed by atoms with Gasteiger partial charge in [0.25, 0.3) is 0 Å². The minimum absolute atomic E-state index is 0.149. The summed E-state index contributed by atoms with van der Waals surface area (Å²) in [5, 5.41) is 4.76. The number of nitrogens with zero attached hydrogens (tertiary/aromatic N) is 2. The van der Waals surface area contributed by atoms with Crippen molar-refractivity contribution in [3.8, 4) is 11.3 Å². The fourth-order valence-electron chi connectivity index (χ4n) is 3.13. The van der Waals surface area contributed by atoms with E-state index in [0.717, 1.165) is 19.3 Å². The zero-order chi connectivity index (χ0) is 16.4. The van der Waals surface area contributed by atoms with Crippen LogP contribution in [0.25, 0.3) is 11.3 Å². The first-order valence-corrected chi connectivity index (χ1v) is 9.77. The third kappa shape index (κ3) is 3.04. The molecule has 0 aliphatic carbocycles. The number of aryl methyl sites for hydroxylation is 1. The van der Waals surface area contributed by atoms with Gasteiger partial charge in [0.15, 0.2) is 14.9 Å². The third-order valence-electron chi connectivity index (χ3n) is 4.24. The third-order valence-corrected chi connectivity index (χ3v) is 6.11. The lowest BCUT2D eigenvalue weighted by atomic mass is 10.0. The van der Waals surface area contributed by atoms with Gasteiger partial charge in [0.05, 0.1) is 11.4 Å². The normalized spacial score (nSPS) is 16.3. The lowest BCUT2D eigenvalue weighted by Gasteiger charge is -2.15. The van der Waals surface area contributed by atoms with E-state index in [1.165, 1.54) is 6.07 Å². The van der Waals surface area contributed by atoms with Gasteiger partial charge in [-0.25, -0.2) is 12.8 Å². The van der Waals surface area contributed by atoms with Crippen LogP contribution in [-0.2, 0) is 22.8 Å². The van der Waals surface area contributed by atoms with E-state index in [-0.39, 0.29) is 11.6 Å². The van der Waals surface area contributed by atoms with Gasteiger partial charge in [-0.15, -0.1) is 0 Å². The number of hydrogen-bond acceptors (Lipinski definition) is 3. The molecule has 1 aliphatic heterocycles. The lowest BCUT2D eigenvalue weighted by Crippen LogP contribution is -2.22. The van der Waals surface area contributed by atoms with Gasteiger partial charge in [0.1, 0.15) is 5.82 Å². The van der Waals surface area contributed by atoms with Crippen LogP contribution in [-0.4, -0.2) is 24.0 Å². The molecule has 0 N–H and O–H groups in total. The predicted molar refractivity (Wildman–Crippen MR) is 87.5 cm³/mol. The second-order valence-electron chi connectivity index (χ2n) is 5.96. The van der Waals surface area contributed by atoms with Crippen LogP contribution in [0.1, 0.15) is 38.2 Å². The van der Waals surface area contributed by atoms with Crippen LogP contribution in [0.4, 0.5) is 4.39 Å². The van der Waals surface area contributed by atoms with Gasteiger partial charge in [-0.1, -0.05) is 31.9 Å². The number of hydrogen-bond donors (Lipinski definition) is 0. The van der Waals surface area contributed by atoms with Crippen molar-refractivity contribution in [2.75, 3.05) is 5.75 Å². The minimum atomic E-state index is -3.33. The van der Waals surface area contributed by atoms with Crippen LogP contribution in [0.5, 0.6) is 0 Å². The molecule has 6 heteroatoms. The lowest BCUT2D eigenvalue weighted by molar-refractivity contribution is 0.499. The Balaban J connectivity index is 2.16. The van der Waals surface area contributed by atoms with Crippen molar-refractivity contribution >= 4 is 9.84 Å². The zero-order valence-electron chi connectivity index (χ0n) is 13.3. The Kier molecular flexibility index (Phi) is 4.53. The van der Waals surface area contributed by atoms with E-state index in [0.29, 0.717) is 41.2 Å². The SMILES string of the molecule is CCCCCc1c(-c2ccccc2F)nn2c1S(=O)(=O)CCC2. The van der Waals surface area contributed by atoms with E-state index in [1.807, 2.05) is 0 Å². The molecule has 0 atom stereocenters. The smallest absolute Gasteiger partial charge is 0.195 e. The molecular weight excluding hydrogens is 315 g/mol. The number of benzene rings is 1. The van der Waals surface area contributed by atoms with Crippen LogP contribution in [0, 0.1) is 5.82 Å². The number of unbranched alkanes of at least 4 members (excludes halogenated alkanes) is 2. The van der Waals surface area contributed by atoms with Crippen molar-refractivity contribution in [1.29, 1.82) is 0 Å². The fourth-order valence-corrected chi connectivity index (χ4v) is 4.86. The Morgan fingerprint density at radius 1 is 1.26 bits per heavy atom. The molecule has 0 saturated heterocycles. The molecule has 0 amide bonds. The van der Waals surface area contributed by atoms with E-state index >= 15 is 0 Å². The summed E-state index contributed by atoms with van der Waals surface area (Å²) in [7, 11) is -3.33. The van der Waals surface area contributed by atoms with Crippen LogP contribution < -0.4 is 0 Å². The molecular formula is C17H21FN2O2S. The van der Waals surface area contributed by atoms with Gasteiger partial charge in [-0.3, -0.25) is 4.68 Å². The monoisotopic (exact) mass is 336 g/mol. The van der Waals surface area contributed by atoms with Crippen LogP contribution in [0.15, 0.2) is 29.3 Å². The van der Waals surface area contributed by atoms with Crippen LogP contribution in [0.2, 0.25) is 0 Å². The maximum atomic E-state index is 14.2. The molecule has 0 bridgehead atoms. The van der Waals surface area contributed by atoms with Gasteiger partial charge in [0.2, 0.25) is 0 Å². The topological polar surface area (TPSA) is 52.0 Å². The average Bonchev–Trinajstić information content (AvgIpc) is 2.88. The maximum Gasteiger partial charge on any atom is 0.195 e. The number of aromatic nitrogens is 2. The van der Waals surface area contributed by atoms with Crippen molar-refractivity contribution in [3.63, 3.8) is 0 Å². The van der Waals surface area contributed by atoms with Crippen molar-refractivity contribution in [3.05, 3.63) is 35.6 Å². The van der Waals surface area contributed by atoms with Crippen molar-refractivity contribution in [1.82, 2.24) is 9.78 Å². The standard InChI is InChI=1S/C17H21FN2O2S/c1-2-3-4-9-14-16(13-8-5-6-10-15(13)18)19-20-11-7-12-23(21,22)17(14)20/h5-6,8,10H,2-4,7,9,11-12H2,1H3. The van der Waals surface area contributed by atoms with E-state index < -0.39 is 9.84 Å². The molecule has 23 heavy (non-hydrogen) atoms. The predicted octanol–water partition coefficient (Wildman–Crippen LogP) is 3.60. The molecule has 0 saturated carbocycles. The summed E-state index contributed by atoms with van der Waals surface area (Å²) in [4.78, 5) is 0. The molecule has 0 radical (unpaired) electrons. The summed E-state index contributed by atoms with van der Waals surface area (Å²) < 4.78 is 40.8. The first-order valence-electron chi connectivity index (χ1n) is 8.12. The molecule has 2 heterocycles. The van der Waals surface area contributed by atoms with Gasteiger partial charge in [-0.05, 0) is 31.4 Å². The van der Waals surface area contributed by atoms with Gasteiger partial charge >= 0.3 is 0 Å². The fraction of sp³-hybridized carbons (Fsp3) is 0.471. The second-order valence-corrected chi connectivity index (χ2v) is 7.99. The highest BCUT2D eigenvalue weighted by Crippen LogP contribution is 2.34. The Morgan fingerprint density at radius 2 is 2.04 bits per heavy atom. The van der Waals surface area contributed by atoms with E-state index in [9.17, 15) is 12.8 Å². The van der Waals surface area contributed by atoms with E-state index in [2.05, 4.69) is 12.0 Å². The number of fused-ring (bicyclic) bond motifs is 1. The summed E-state index contributed by atoms with van der Waals surface area (Å²) in [5.74, 6) is -0.215. The molecule has 2 aromatic rings. The van der Waals surface area contributed by atoms with Gasteiger partial charge in [0, 0.05) is 17.7 Å². The summed E-state index contributed by atoms with van der Waals surface area (Å²) in [6.07, 6.45) is 4.12. The first kappa shape index (κ1) is 16.2. The van der Waals surface area contributed by atoms with Crippen LogP contribution in [0.3, 0.4) is 0 Å². The molecule has 0 spiro atoms. The Hall–Kier alpha value is -1.69. The molecule has 4 nitrogen and oxygen atoms in total. The second kappa shape index (κ2) is 6.43. The Labute approximate surface area is 136 Å². The summed E-state index contributed by atoms with van der Waals surface area (Å²) >= 11 is 0. The first-order chi connectivity index (χ1) is 11.0. The molecule has 1 aromatic heterocycles. The maximum absolute atomic E-state index is 14.2. The Morgan fingerprint density at radius 3 is 2.78 bits per heavy atom. The number of sulfone groups is 1. The zero-order valence-corrected chi connectivity index (χ0v) is 14.1. The highest BCUT2D eigenvalue weighted by Gasteiger charge is 2.31. The molecule has 0 unspecified atom stereocenters. The van der Waals surface area contributed by atoms with Crippen LogP contribution >= 0.6 is 0 Å².